The first-order valence-electron chi connectivity index (χ1n) is 9.62. The van der Waals surface area contributed by atoms with Crippen LogP contribution in [0.3, 0.4) is 0 Å². The Kier molecular flexibility index (Phi) is 6.78. The Morgan fingerprint density at radius 1 is 0.955 bits per heavy atom. The highest BCUT2D eigenvalue weighted by Gasteiger charge is 2.56. The van der Waals surface area contributed by atoms with Gasteiger partial charge in [-0.1, -0.05) is 74.0 Å². The molecular formula is C22H42. The highest BCUT2D eigenvalue weighted by molar-refractivity contribution is 5.16. The van der Waals surface area contributed by atoms with Gasteiger partial charge in [-0.25, -0.2) is 0 Å². The summed E-state index contributed by atoms with van der Waals surface area (Å²) < 4.78 is 0. The van der Waals surface area contributed by atoms with Crippen molar-refractivity contribution in [3.8, 4) is 0 Å². The largest absolute Gasteiger partial charge is 0.0996 e. The molecule has 0 aromatic carbocycles. The van der Waals surface area contributed by atoms with Gasteiger partial charge in [0.2, 0.25) is 0 Å². The van der Waals surface area contributed by atoms with Gasteiger partial charge >= 0.3 is 0 Å². The average molecular weight is 307 g/mol. The second-order valence-corrected chi connectivity index (χ2v) is 8.40. The van der Waals surface area contributed by atoms with Gasteiger partial charge in [-0.05, 0) is 66.6 Å². The van der Waals surface area contributed by atoms with Crippen LogP contribution in [0.15, 0.2) is 12.2 Å². The van der Waals surface area contributed by atoms with Gasteiger partial charge < -0.3 is 0 Å². The van der Waals surface area contributed by atoms with Crippen LogP contribution in [0.25, 0.3) is 0 Å². The zero-order valence-electron chi connectivity index (χ0n) is 15.4. The average Bonchev–Trinajstić information content (AvgIpc) is 2.58. The van der Waals surface area contributed by atoms with Gasteiger partial charge in [0.15, 0.2) is 0 Å². The zero-order valence-corrected chi connectivity index (χ0v) is 15.4. The smallest absolute Gasteiger partial charge is 0.0200 e. The minimum absolute atomic E-state index is 0. The highest BCUT2D eigenvalue weighted by atomic mass is 14.6. The van der Waals surface area contributed by atoms with Crippen LogP contribution in [0.5, 0.6) is 0 Å². The van der Waals surface area contributed by atoms with Crippen molar-refractivity contribution >= 4 is 0 Å². The Balaban J connectivity index is 0.000000775. The summed E-state index contributed by atoms with van der Waals surface area (Å²) in [7, 11) is 0. The molecule has 3 fully saturated rings. The number of hydrogen-bond donors (Lipinski definition) is 0. The molecule has 7 unspecified atom stereocenters. The Morgan fingerprint density at radius 2 is 1.55 bits per heavy atom. The lowest BCUT2D eigenvalue weighted by molar-refractivity contribution is -0.0804. The van der Waals surface area contributed by atoms with Crippen molar-refractivity contribution in [2.24, 2.45) is 40.9 Å². The van der Waals surface area contributed by atoms with Crippen LogP contribution in [0.1, 0.15) is 87.5 Å². The van der Waals surface area contributed by atoms with Crippen molar-refractivity contribution < 1.29 is 0 Å². The summed E-state index contributed by atoms with van der Waals surface area (Å²) >= 11 is 0. The second kappa shape index (κ2) is 7.54. The maximum Gasteiger partial charge on any atom is -0.0200 e. The van der Waals surface area contributed by atoms with Crippen LogP contribution < -0.4 is 0 Å². The zero-order chi connectivity index (χ0) is 15.8. The molecule has 0 bridgehead atoms. The van der Waals surface area contributed by atoms with Crippen molar-refractivity contribution in [2.45, 2.75) is 87.5 Å². The molecule has 3 aliphatic carbocycles. The number of hydrogen-bond acceptors (Lipinski definition) is 0. The Labute approximate surface area is 141 Å². The highest BCUT2D eigenvalue weighted by Crippen LogP contribution is 2.64. The van der Waals surface area contributed by atoms with Crippen LogP contribution in [0, 0.1) is 40.9 Å². The fraction of sp³-hybridized carbons (Fsp3) is 0.909. The number of allylic oxidation sites excluding steroid dienone is 1. The topological polar surface area (TPSA) is 0 Å². The van der Waals surface area contributed by atoms with E-state index < -0.39 is 0 Å². The van der Waals surface area contributed by atoms with Gasteiger partial charge in [0.25, 0.3) is 0 Å². The molecule has 0 aromatic heterocycles. The van der Waals surface area contributed by atoms with Crippen molar-refractivity contribution in [2.75, 3.05) is 0 Å². The molecule has 22 heavy (non-hydrogen) atoms. The molecule has 0 aliphatic heterocycles. The Morgan fingerprint density at radius 3 is 2.18 bits per heavy atom. The maximum absolute atomic E-state index is 4.44. The van der Waals surface area contributed by atoms with Gasteiger partial charge in [-0.2, -0.15) is 0 Å². The lowest BCUT2D eigenvalue weighted by Crippen LogP contribution is -2.52. The summed E-state index contributed by atoms with van der Waals surface area (Å²) in [6.45, 7) is 18.6. The maximum atomic E-state index is 4.44. The van der Waals surface area contributed by atoms with Crippen LogP contribution in [0.4, 0.5) is 0 Å². The molecule has 0 radical (unpaired) electrons. The molecule has 3 saturated carbocycles. The molecule has 0 N–H and O–H groups in total. The van der Waals surface area contributed by atoms with E-state index in [1.807, 2.05) is 13.8 Å². The van der Waals surface area contributed by atoms with E-state index in [9.17, 15) is 0 Å². The molecule has 7 atom stereocenters. The second-order valence-electron chi connectivity index (χ2n) is 8.40. The first kappa shape index (κ1) is 19.8. The normalized spacial score (nSPS) is 47.3. The SMILES string of the molecule is C.C=C1CC2CC(C)CCC3C(C)CCC(C1C)C23C.CC. The van der Waals surface area contributed by atoms with E-state index in [1.165, 1.54) is 38.5 Å². The summed E-state index contributed by atoms with van der Waals surface area (Å²) in [5.41, 5.74) is 2.18. The molecule has 3 rings (SSSR count). The van der Waals surface area contributed by atoms with Crippen LogP contribution in [0.2, 0.25) is 0 Å². The molecule has 0 spiro atoms. The van der Waals surface area contributed by atoms with Crippen LogP contribution >= 0.6 is 0 Å². The predicted octanol–water partition coefficient (Wildman–Crippen LogP) is 7.35. The van der Waals surface area contributed by atoms with Crippen LogP contribution in [-0.4, -0.2) is 0 Å². The first-order valence-corrected chi connectivity index (χ1v) is 9.62. The molecule has 0 aromatic rings. The minimum Gasteiger partial charge on any atom is -0.0996 e. The first-order chi connectivity index (χ1) is 9.94. The van der Waals surface area contributed by atoms with Gasteiger partial charge in [0.05, 0.1) is 0 Å². The summed E-state index contributed by atoms with van der Waals surface area (Å²) in [4.78, 5) is 0. The van der Waals surface area contributed by atoms with E-state index >= 15 is 0 Å². The lowest BCUT2D eigenvalue weighted by atomic mass is 9.46. The third kappa shape index (κ3) is 3.04. The van der Waals surface area contributed by atoms with Gasteiger partial charge in [0.1, 0.15) is 0 Å². The van der Waals surface area contributed by atoms with Gasteiger partial charge in [-0.15, -0.1) is 0 Å². The summed E-state index contributed by atoms with van der Waals surface area (Å²) in [6.07, 6.45) is 8.66. The van der Waals surface area contributed by atoms with E-state index in [0.717, 1.165) is 35.5 Å². The van der Waals surface area contributed by atoms with Crippen LogP contribution in [-0.2, 0) is 0 Å². The van der Waals surface area contributed by atoms with E-state index in [1.54, 1.807) is 5.57 Å². The molecular weight excluding hydrogens is 264 g/mol. The fourth-order valence-corrected chi connectivity index (χ4v) is 6.24. The van der Waals surface area contributed by atoms with Crippen molar-refractivity contribution in [1.82, 2.24) is 0 Å². The molecule has 0 amide bonds. The summed E-state index contributed by atoms with van der Waals surface area (Å²) in [6, 6.07) is 0. The Hall–Kier alpha value is -0.260. The quantitative estimate of drug-likeness (QED) is 0.410. The molecule has 3 aliphatic rings. The van der Waals surface area contributed by atoms with Gasteiger partial charge in [0, 0.05) is 0 Å². The molecule has 0 saturated heterocycles. The lowest BCUT2D eigenvalue weighted by Gasteiger charge is -2.59. The molecule has 130 valence electrons. The number of rotatable bonds is 0. The van der Waals surface area contributed by atoms with Gasteiger partial charge in [-0.3, -0.25) is 0 Å². The van der Waals surface area contributed by atoms with Crippen molar-refractivity contribution in [3.05, 3.63) is 12.2 Å². The van der Waals surface area contributed by atoms with Crippen molar-refractivity contribution in [1.29, 1.82) is 0 Å². The standard InChI is InChI=1S/C19H32.C2H6.CH4/c1-12-6-8-17-13(2)7-9-18-15(4)14(3)11-16(10-12)19(17,18)5;1-2;/h12-13,15-18H,3,6-11H2,1-2,4-5H3;1-2H3;1H4. The molecule has 0 heterocycles. The fourth-order valence-electron chi connectivity index (χ4n) is 6.24. The Bertz CT molecular complexity index is 368. The van der Waals surface area contributed by atoms with Crippen molar-refractivity contribution in [3.63, 3.8) is 0 Å². The monoisotopic (exact) mass is 306 g/mol. The predicted molar refractivity (Wildman–Crippen MR) is 101 cm³/mol. The molecule has 0 nitrogen and oxygen atoms in total. The van der Waals surface area contributed by atoms with E-state index in [2.05, 4.69) is 34.3 Å². The summed E-state index contributed by atoms with van der Waals surface area (Å²) in [5, 5.41) is 0. The van der Waals surface area contributed by atoms with E-state index in [0.29, 0.717) is 5.41 Å². The van der Waals surface area contributed by atoms with E-state index in [4.69, 9.17) is 0 Å². The minimum atomic E-state index is 0. The third-order valence-electron chi connectivity index (χ3n) is 7.51. The van der Waals surface area contributed by atoms with E-state index in [-0.39, 0.29) is 7.43 Å². The molecule has 0 heteroatoms. The summed E-state index contributed by atoms with van der Waals surface area (Å²) in [5.74, 6) is 5.48. The third-order valence-corrected chi connectivity index (χ3v) is 7.51.